The van der Waals surface area contributed by atoms with Crippen molar-refractivity contribution in [3.05, 3.63) is 75.5 Å². The van der Waals surface area contributed by atoms with E-state index >= 15 is 0 Å². The fraction of sp³-hybridized carbons (Fsp3) is 0. The first-order valence-electron chi connectivity index (χ1n) is 7.79. The number of nitrogens with zero attached hydrogens (tertiary/aromatic N) is 2. The average Bonchev–Trinajstić information content (AvgIpc) is 3.06. The molecule has 0 spiro atoms. The van der Waals surface area contributed by atoms with Gasteiger partial charge in [-0.1, -0.05) is 34.8 Å². The number of amides is 1. The standard InChI is InChI=1S/C19H10Cl3N3O2/c20-10-3-6-16-15(8-10)25-19(27-16)13-9-11(4-5-14(13)21)24-18(26)12-2-1-7-23-17(12)22/h1-9H,(H,24,26). The number of halogens is 3. The van der Waals surface area contributed by atoms with E-state index in [2.05, 4.69) is 15.3 Å². The van der Waals surface area contributed by atoms with Crippen LogP contribution in [0.5, 0.6) is 0 Å². The quantitative estimate of drug-likeness (QED) is 0.408. The molecule has 0 bridgehead atoms. The number of benzene rings is 2. The molecule has 0 fully saturated rings. The first kappa shape index (κ1) is 17.8. The lowest BCUT2D eigenvalue weighted by atomic mass is 10.2. The fourth-order valence-corrected chi connectivity index (χ4v) is 3.11. The molecular formula is C19H10Cl3N3O2. The number of carbonyl (C=O) groups excluding carboxylic acids is 1. The van der Waals surface area contributed by atoms with Crippen LogP contribution in [0.1, 0.15) is 10.4 Å². The van der Waals surface area contributed by atoms with E-state index in [0.29, 0.717) is 38.3 Å². The number of hydrogen-bond donors (Lipinski definition) is 1. The van der Waals surface area contributed by atoms with Crippen LogP contribution >= 0.6 is 34.8 Å². The van der Waals surface area contributed by atoms with Gasteiger partial charge in [-0.05, 0) is 48.5 Å². The van der Waals surface area contributed by atoms with Gasteiger partial charge in [-0.25, -0.2) is 9.97 Å². The lowest BCUT2D eigenvalue weighted by molar-refractivity contribution is 0.102. The van der Waals surface area contributed by atoms with Gasteiger partial charge in [0.15, 0.2) is 5.58 Å². The summed E-state index contributed by atoms with van der Waals surface area (Å²) in [6.07, 6.45) is 1.51. The van der Waals surface area contributed by atoms with Crippen LogP contribution in [0.3, 0.4) is 0 Å². The van der Waals surface area contributed by atoms with E-state index in [0.717, 1.165) is 0 Å². The highest BCUT2D eigenvalue weighted by molar-refractivity contribution is 6.34. The van der Waals surface area contributed by atoms with E-state index in [9.17, 15) is 4.79 Å². The zero-order valence-electron chi connectivity index (χ0n) is 13.5. The van der Waals surface area contributed by atoms with Crippen LogP contribution in [0.2, 0.25) is 15.2 Å². The van der Waals surface area contributed by atoms with Gasteiger partial charge in [0.2, 0.25) is 5.89 Å². The van der Waals surface area contributed by atoms with Crippen LogP contribution in [0.15, 0.2) is 59.1 Å². The number of aromatic nitrogens is 2. The van der Waals surface area contributed by atoms with Crippen LogP contribution in [0, 0.1) is 0 Å². The Labute approximate surface area is 168 Å². The maximum absolute atomic E-state index is 12.4. The molecule has 2 aromatic carbocycles. The predicted octanol–water partition coefficient (Wildman–Crippen LogP) is 6.10. The second-order valence-electron chi connectivity index (χ2n) is 5.62. The van der Waals surface area contributed by atoms with Crippen LogP contribution < -0.4 is 5.32 Å². The second-order valence-corrected chi connectivity index (χ2v) is 6.82. The normalized spacial score (nSPS) is 10.9. The van der Waals surface area contributed by atoms with Crippen LogP contribution in [-0.2, 0) is 0 Å². The molecule has 2 aromatic heterocycles. The number of fused-ring (bicyclic) bond motifs is 1. The summed E-state index contributed by atoms with van der Waals surface area (Å²) < 4.78 is 5.76. The summed E-state index contributed by atoms with van der Waals surface area (Å²) in [5.74, 6) is -0.0569. The first-order valence-corrected chi connectivity index (χ1v) is 8.92. The largest absolute Gasteiger partial charge is 0.436 e. The number of oxazole rings is 1. The summed E-state index contributed by atoms with van der Waals surface area (Å²) in [5, 5.41) is 3.89. The molecular weight excluding hydrogens is 409 g/mol. The van der Waals surface area contributed by atoms with Gasteiger partial charge in [-0.15, -0.1) is 0 Å². The lowest BCUT2D eigenvalue weighted by Gasteiger charge is -2.08. The second kappa shape index (κ2) is 7.19. The maximum Gasteiger partial charge on any atom is 0.258 e. The Balaban J connectivity index is 1.68. The van der Waals surface area contributed by atoms with Gasteiger partial charge in [0, 0.05) is 16.9 Å². The summed E-state index contributed by atoms with van der Waals surface area (Å²) in [7, 11) is 0. The molecule has 0 radical (unpaired) electrons. The highest BCUT2D eigenvalue weighted by Crippen LogP contribution is 2.33. The van der Waals surface area contributed by atoms with Crippen molar-refractivity contribution in [3.63, 3.8) is 0 Å². The van der Waals surface area contributed by atoms with Gasteiger partial charge >= 0.3 is 0 Å². The van der Waals surface area contributed by atoms with Gasteiger partial charge in [0.05, 0.1) is 16.1 Å². The lowest BCUT2D eigenvalue weighted by Crippen LogP contribution is -2.12. The first-order chi connectivity index (χ1) is 13.0. The summed E-state index contributed by atoms with van der Waals surface area (Å²) in [6, 6.07) is 13.4. The van der Waals surface area contributed by atoms with Gasteiger partial charge < -0.3 is 9.73 Å². The zero-order valence-corrected chi connectivity index (χ0v) is 15.8. The number of pyridine rings is 1. The zero-order chi connectivity index (χ0) is 19.0. The predicted molar refractivity (Wildman–Crippen MR) is 107 cm³/mol. The molecule has 0 atom stereocenters. The van der Waals surface area contributed by atoms with Crippen LogP contribution in [0.25, 0.3) is 22.6 Å². The van der Waals surface area contributed by atoms with Crippen molar-refractivity contribution >= 4 is 57.5 Å². The van der Waals surface area contributed by atoms with Gasteiger partial charge in [-0.2, -0.15) is 0 Å². The Kier molecular flexibility index (Phi) is 4.74. The molecule has 0 saturated carbocycles. The highest BCUT2D eigenvalue weighted by atomic mass is 35.5. The molecule has 0 unspecified atom stereocenters. The molecule has 1 N–H and O–H groups in total. The number of nitrogens with one attached hydrogen (secondary N) is 1. The maximum atomic E-state index is 12.4. The molecule has 4 aromatic rings. The Bertz CT molecular complexity index is 1170. The minimum Gasteiger partial charge on any atom is -0.436 e. The topological polar surface area (TPSA) is 68.0 Å². The third-order valence-electron chi connectivity index (χ3n) is 3.81. The van der Waals surface area contributed by atoms with Crippen molar-refractivity contribution in [2.24, 2.45) is 0 Å². The summed E-state index contributed by atoms with van der Waals surface area (Å²) in [6.45, 7) is 0. The Morgan fingerprint density at radius 3 is 2.70 bits per heavy atom. The summed E-state index contributed by atoms with van der Waals surface area (Å²) in [4.78, 5) is 20.7. The molecule has 134 valence electrons. The van der Waals surface area contributed by atoms with E-state index in [1.165, 1.54) is 6.20 Å². The van der Waals surface area contributed by atoms with Gasteiger partial charge in [-0.3, -0.25) is 4.79 Å². The molecule has 4 rings (SSSR count). The highest BCUT2D eigenvalue weighted by Gasteiger charge is 2.15. The molecule has 5 nitrogen and oxygen atoms in total. The molecule has 27 heavy (non-hydrogen) atoms. The van der Waals surface area contributed by atoms with E-state index < -0.39 is 0 Å². The molecule has 0 aliphatic carbocycles. The number of hydrogen-bond acceptors (Lipinski definition) is 4. The summed E-state index contributed by atoms with van der Waals surface area (Å²) >= 11 is 18.3. The molecule has 2 heterocycles. The average molecular weight is 419 g/mol. The Hall–Kier alpha value is -2.60. The van der Waals surface area contributed by atoms with E-state index in [4.69, 9.17) is 39.2 Å². The van der Waals surface area contributed by atoms with Crippen LogP contribution in [0.4, 0.5) is 5.69 Å². The third-order valence-corrected chi connectivity index (χ3v) is 4.67. The fourth-order valence-electron chi connectivity index (χ4n) is 2.54. The Morgan fingerprint density at radius 1 is 1.04 bits per heavy atom. The molecule has 0 aliphatic rings. The Morgan fingerprint density at radius 2 is 1.89 bits per heavy atom. The SMILES string of the molecule is O=C(Nc1ccc(Cl)c(-c2nc3cc(Cl)ccc3o2)c1)c1cccnc1Cl. The van der Waals surface area contributed by atoms with Crippen molar-refractivity contribution in [1.82, 2.24) is 9.97 Å². The van der Waals surface area contributed by atoms with Crippen molar-refractivity contribution in [1.29, 1.82) is 0 Å². The molecule has 0 saturated heterocycles. The number of carbonyl (C=O) groups is 1. The van der Waals surface area contributed by atoms with Crippen molar-refractivity contribution in [3.8, 4) is 11.5 Å². The number of anilines is 1. The van der Waals surface area contributed by atoms with E-state index in [-0.39, 0.29) is 16.6 Å². The number of rotatable bonds is 3. The van der Waals surface area contributed by atoms with E-state index in [1.807, 2.05) is 0 Å². The van der Waals surface area contributed by atoms with Crippen molar-refractivity contribution in [2.75, 3.05) is 5.32 Å². The molecule has 8 heteroatoms. The van der Waals surface area contributed by atoms with Gasteiger partial charge in [0.25, 0.3) is 5.91 Å². The molecule has 0 aliphatic heterocycles. The molecule has 1 amide bonds. The third kappa shape index (κ3) is 3.62. The van der Waals surface area contributed by atoms with Crippen LogP contribution in [-0.4, -0.2) is 15.9 Å². The monoisotopic (exact) mass is 417 g/mol. The van der Waals surface area contributed by atoms with Gasteiger partial charge in [0.1, 0.15) is 10.7 Å². The summed E-state index contributed by atoms with van der Waals surface area (Å²) in [5.41, 5.74) is 2.53. The minimum absolute atomic E-state index is 0.125. The van der Waals surface area contributed by atoms with Crippen molar-refractivity contribution < 1.29 is 9.21 Å². The van der Waals surface area contributed by atoms with Crippen molar-refractivity contribution in [2.45, 2.75) is 0 Å². The smallest absolute Gasteiger partial charge is 0.258 e. The van der Waals surface area contributed by atoms with E-state index in [1.54, 1.807) is 48.5 Å². The minimum atomic E-state index is -0.384.